The quantitative estimate of drug-likeness (QED) is 0.672. The van der Waals surface area contributed by atoms with Crippen LogP contribution in [0.5, 0.6) is 0 Å². The minimum Gasteiger partial charge on any atom is -0.387 e. The van der Waals surface area contributed by atoms with Gasteiger partial charge in [-0.1, -0.05) is 41.4 Å². The molecule has 0 aliphatic heterocycles. The number of aliphatic hydroxyl groups is 1. The van der Waals surface area contributed by atoms with Crippen molar-refractivity contribution in [3.05, 3.63) is 63.5 Å². The zero-order valence-corrected chi connectivity index (χ0v) is 15.4. The van der Waals surface area contributed by atoms with Gasteiger partial charge < -0.3 is 5.11 Å². The maximum absolute atomic E-state index is 12.4. The van der Waals surface area contributed by atoms with Crippen LogP contribution in [0.3, 0.4) is 0 Å². The lowest BCUT2D eigenvalue weighted by Gasteiger charge is -2.13. The second-order valence-corrected chi connectivity index (χ2v) is 8.62. The molecular weight excluding hydrogens is 389 g/mol. The molecule has 1 unspecified atom stereocenters. The predicted molar refractivity (Wildman–Crippen MR) is 98.4 cm³/mol. The van der Waals surface area contributed by atoms with Crippen molar-refractivity contribution in [2.45, 2.75) is 11.0 Å². The van der Waals surface area contributed by atoms with Gasteiger partial charge in [-0.05, 0) is 35.0 Å². The lowest BCUT2D eigenvalue weighted by Crippen LogP contribution is -2.28. The van der Waals surface area contributed by atoms with E-state index in [9.17, 15) is 13.5 Å². The topological polar surface area (TPSA) is 66.4 Å². The number of fused-ring (bicyclic) bond motifs is 1. The van der Waals surface area contributed by atoms with Gasteiger partial charge in [0, 0.05) is 21.8 Å². The summed E-state index contributed by atoms with van der Waals surface area (Å²) in [7, 11) is -3.88. The first-order valence-corrected chi connectivity index (χ1v) is 10.1. The molecule has 8 heteroatoms. The molecule has 0 aliphatic rings. The van der Waals surface area contributed by atoms with E-state index < -0.39 is 16.1 Å². The molecule has 1 heterocycles. The summed E-state index contributed by atoms with van der Waals surface area (Å²) in [6, 6.07) is 11.8. The Bertz CT molecular complexity index is 986. The Labute approximate surface area is 153 Å². The van der Waals surface area contributed by atoms with Gasteiger partial charge >= 0.3 is 0 Å². The van der Waals surface area contributed by atoms with Gasteiger partial charge in [0.05, 0.1) is 11.1 Å². The van der Waals surface area contributed by atoms with Crippen molar-refractivity contribution in [2.75, 3.05) is 6.54 Å². The molecule has 0 saturated carbocycles. The maximum atomic E-state index is 12.4. The Morgan fingerprint density at radius 1 is 1.17 bits per heavy atom. The van der Waals surface area contributed by atoms with Crippen LogP contribution >= 0.6 is 34.5 Å². The van der Waals surface area contributed by atoms with Crippen LogP contribution in [-0.4, -0.2) is 20.1 Å². The molecular formula is C16H13Cl2NO3S2. The van der Waals surface area contributed by atoms with Gasteiger partial charge in [-0.15, -0.1) is 11.3 Å². The van der Waals surface area contributed by atoms with Gasteiger partial charge in [0.15, 0.2) is 0 Å². The number of sulfonamides is 1. The molecule has 0 spiro atoms. The summed E-state index contributed by atoms with van der Waals surface area (Å²) in [6.45, 7) is -0.161. The molecule has 24 heavy (non-hydrogen) atoms. The first-order valence-electron chi connectivity index (χ1n) is 6.97. The monoisotopic (exact) mass is 401 g/mol. The maximum Gasteiger partial charge on any atom is 0.242 e. The summed E-state index contributed by atoms with van der Waals surface area (Å²) in [5.74, 6) is 0. The highest BCUT2D eigenvalue weighted by molar-refractivity contribution is 7.89. The molecule has 0 amide bonds. The number of aliphatic hydroxyl groups excluding tert-OH is 1. The zero-order chi connectivity index (χ0) is 17.3. The van der Waals surface area contributed by atoms with Gasteiger partial charge in [-0.25, -0.2) is 13.1 Å². The highest BCUT2D eigenvalue weighted by Crippen LogP contribution is 2.30. The second-order valence-electron chi connectivity index (χ2n) is 5.13. The molecule has 0 radical (unpaired) electrons. The molecule has 3 rings (SSSR count). The van der Waals surface area contributed by atoms with Crippen LogP contribution in [-0.2, 0) is 10.0 Å². The number of thiophene rings is 1. The minimum atomic E-state index is -3.88. The standard InChI is InChI=1S/C16H13Cl2NO3S2/c17-10-5-6-13(18)16(7-10)24(21,22)19-8-14(20)12-9-23-15-4-2-1-3-11(12)15/h1-7,9,14,19-20H,8H2. The first-order chi connectivity index (χ1) is 11.4. The van der Waals surface area contributed by atoms with E-state index in [0.29, 0.717) is 5.56 Å². The number of hydrogen-bond donors (Lipinski definition) is 2. The van der Waals surface area contributed by atoms with Crippen LogP contribution in [0.2, 0.25) is 10.0 Å². The van der Waals surface area contributed by atoms with Crippen molar-refractivity contribution in [2.24, 2.45) is 0 Å². The molecule has 1 atom stereocenters. The summed E-state index contributed by atoms with van der Waals surface area (Å²) >= 11 is 13.3. The van der Waals surface area contributed by atoms with Crippen molar-refractivity contribution < 1.29 is 13.5 Å². The molecule has 0 saturated heterocycles. The van der Waals surface area contributed by atoms with E-state index in [1.165, 1.54) is 29.5 Å². The molecule has 0 fully saturated rings. The van der Waals surface area contributed by atoms with E-state index in [-0.39, 0.29) is 21.5 Å². The Hall–Kier alpha value is -1.15. The molecule has 3 aromatic rings. The van der Waals surface area contributed by atoms with Crippen molar-refractivity contribution in [1.82, 2.24) is 4.72 Å². The fourth-order valence-electron chi connectivity index (χ4n) is 2.32. The fourth-order valence-corrected chi connectivity index (χ4v) is 5.12. The van der Waals surface area contributed by atoms with Crippen LogP contribution in [0.4, 0.5) is 0 Å². The van der Waals surface area contributed by atoms with Gasteiger partial charge in [-0.3, -0.25) is 0 Å². The first kappa shape index (κ1) is 17.7. The van der Waals surface area contributed by atoms with Crippen LogP contribution in [0.1, 0.15) is 11.7 Å². The normalized spacial score (nSPS) is 13.3. The number of rotatable bonds is 5. The highest BCUT2D eigenvalue weighted by Gasteiger charge is 2.21. The zero-order valence-electron chi connectivity index (χ0n) is 12.2. The Balaban J connectivity index is 1.80. The molecule has 4 nitrogen and oxygen atoms in total. The smallest absolute Gasteiger partial charge is 0.242 e. The van der Waals surface area contributed by atoms with E-state index in [2.05, 4.69) is 4.72 Å². The summed E-state index contributed by atoms with van der Waals surface area (Å²) in [6.07, 6.45) is -0.964. The van der Waals surface area contributed by atoms with Gasteiger partial charge in [-0.2, -0.15) is 0 Å². The van der Waals surface area contributed by atoms with Gasteiger partial charge in [0.2, 0.25) is 10.0 Å². The third-order valence-electron chi connectivity index (χ3n) is 3.52. The third kappa shape index (κ3) is 3.59. The summed E-state index contributed by atoms with van der Waals surface area (Å²) in [5.41, 5.74) is 0.690. The van der Waals surface area contributed by atoms with Gasteiger partial charge in [0.25, 0.3) is 0 Å². The van der Waals surface area contributed by atoms with E-state index in [1.54, 1.807) is 0 Å². The predicted octanol–water partition coefficient (Wildman–Crippen LogP) is 4.22. The Morgan fingerprint density at radius 3 is 2.71 bits per heavy atom. The average Bonchev–Trinajstić information content (AvgIpc) is 2.99. The van der Waals surface area contributed by atoms with Crippen LogP contribution in [0.15, 0.2) is 52.7 Å². The third-order valence-corrected chi connectivity index (χ3v) is 6.64. The highest BCUT2D eigenvalue weighted by atomic mass is 35.5. The lowest BCUT2D eigenvalue weighted by molar-refractivity contribution is 0.184. The minimum absolute atomic E-state index is 0.0716. The van der Waals surface area contributed by atoms with Crippen LogP contribution < -0.4 is 4.72 Å². The van der Waals surface area contributed by atoms with Crippen molar-refractivity contribution >= 4 is 54.6 Å². The van der Waals surface area contributed by atoms with E-state index >= 15 is 0 Å². The van der Waals surface area contributed by atoms with Crippen molar-refractivity contribution in [3.8, 4) is 0 Å². The van der Waals surface area contributed by atoms with Gasteiger partial charge in [0.1, 0.15) is 4.90 Å². The van der Waals surface area contributed by atoms with E-state index in [1.807, 2.05) is 29.6 Å². The number of halogens is 2. The Morgan fingerprint density at radius 2 is 1.92 bits per heavy atom. The van der Waals surface area contributed by atoms with Crippen molar-refractivity contribution in [3.63, 3.8) is 0 Å². The van der Waals surface area contributed by atoms with Crippen LogP contribution in [0.25, 0.3) is 10.1 Å². The SMILES string of the molecule is O=S(=O)(NCC(O)c1csc2ccccc12)c1cc(Cl)ccc1Cl. The van der Waals surface area contributed by atoms with E-state index in [0.717, 1.165) is 10.1 Å². The Kier molecular flexibility index (Phi) is 5.15. The molecule has 0 bridgehead atoms. The lowest BCUT2D eigenvalue weighted by atomic mass is 10.1. The van der Waals surface area contributed by atoms with Crippen molar-refractivity contribution in [1.29, 1.82) is 0 Å². The van der Waals surface area contributed by atoms with E-state index in [4.69, 9.17) is 23.2 Å². The van der Waals surface area contributed by atoms with Crippen LogP contribution in [0, 0.1) is 0 Å². The molecule has 126 valence electrons. The summed E-state index contributed by atoms with van der Waals surface area (Å²) in [4.78, 5) is -0.112. The second kappa shape index (κ2) is 7.00. The largest absolute Gasteiger partial charge is 0.387 e. The number of hydrogen-bond acceptors (Lipinski definition) is 4. The average molecular weight is 402 g/mol. The summed E-state index contributed by atoms with van der Waals surface area (Å²) < 4.78 is 28.2. The molecule has 1 aromatic heterocycles. The molecule has 2 aromatic carbocycles. The fraction of sp³-hybridized carbons (Fsp3) is 0.125. The molecule has 2 N–H and O–H groups in total. The number of benzene rings is 2. The molecule has 0 aliphatic carbocycles. The number of nitrogens with one attached hydrogen (secondary N) is 1. The summed E-state index contributed by atoms with van der Waals surface area (Å²) in [5, 5.41) is 13.4.